The van der Waals surface area contributed by atoms with Gasteiger partial charge in [-0.2, -0.15) is 0 Å². The Kier molecular flexibility index (Phi) is 6.54. The van der Waals surface area contributed by atoms with Crippen molar-refractivity contribution >= 4 is 33.4 Å². The number of ether oxygens (including phenoxy) is 4. The molecule has 0 N–H and O–H groups in total. The zero-order chi connectivity index (χ0) is 24.2. The minimum absolute atomic E-state index is 0.0772. The van der Waals surface area contributed by atoms with Gasteiger partial charge in [-0.15, -0.1) is 0 Å². The summed E-state index contributed by atoms with van der Waals surface area (Å²) in [5, 5.41) is 0. The standard InChI is InChI=1S/C27H24N2O5S/c1-3-32-24-15-18(11-12-23(24)34-14-13-33-20-8-6-7-19(17-20)31-2)16-25-26(30)29-22-10-5-4-9-21(22)28-27(29)35-25/h4-12,15-17H,3,13-14H2,1-2H3/b25-16-. The largest absolute Gasteiger partial charge is 0.497 e. The van der Waals surface area contributed by atoms with E-state index in [1.165, 1.54) is 11.3 Å². The number of rotatable bonds is 9. The molecule has 0 spiro atoms. The Labute approximate surface area is 205 Å². The van der Waals surface area contributed by atoms with E-state index in [1.54, 1.807) is 11.5 Å². The van der Waals surface area contributed by atoms with Gasteiger partial charge in [0, 0.05) is 6.07 Å². The van der Waals surface area contributed by atoms with E-state index < -0.39 is 0 Å². The predicted molar refractivity (Wildman–Crippen MR) is 137 cm³/mol. The monoisotopic (exact) mass is 488 g/mol. The van der Waals surface area contributed by atoms with Gasteiger partial charge in [0.15, 0.2) is 16.5 Å². The van der Waals surface area contributed by atoms with Crippen LogP contribution in [-0.2, 0) is 0 Å². The molecule has 178 valence electrons. The molecule has 0 aliphatic rings. The molecule has 0 fully saturated rings. The molecule has 0 bridgehead atoms. The van der Waals surface area contributed by atoms with Crippen molar-refractivity contribution in [1.29, 1.82) is 0 Å². The van der Waals surface area contributed by atoms with Gasteiger partial charge in [0.05, 0.1) is 29.3 Å². The van der Waals surface area contributed by atoms with Gasteiger partial charge >= 0.3 is 0 Å². The maximum absolute atomic E-state index is 13.0. The van der Waals surface area contributed by atoms with Crippen molar-refractivity contribution in [2.45, 2.75) is 6.92 Å². The molecule has 5 rings (SSSR count). The van der Waals surface area contributed by atoms with Crippen LogP contribution in [-0.4, -0.2) is 36.3 Å². The van der Waals surface area contributed by atoms with E-state index in [4.69, 9.17) is 18.9 Å². The van der Waals surface area contributed by atoms with E-state index in [9.17, 15) is 4.79 Å². The van der Waals surface area contributed by atoms with Crippen molar-refractivity contribution in [2.24, 2.45) is 0 Å². The smallest absolute Gasteiger partial charge is 0.274 e. The summed E-state index contributed by atoms with van der Waals surface area (Å²) in [6.07, 6.45) is 1.86. The number of aromatic nitrogens is 2. The highest BCUT2D eigenvalue weighted by Crippen LogP contribution is 2.29. The van der Waals surface area contributed by atoms with Crippen molar-refractivity contribution in [1.82, 2.24) is 9.38 Å². The molecule has 8 heteroatoms. The maximum Gasteiger partial charge on any atom is 0.274 e. The molecule has 0 amide bonds. The third kappa shape index (κ3) is 4.79. The lowest BCUT2D eigenvalue weighted by atomic mass is 10.2. The Morgan fingerprint density at radius 2 is 1.74 bits per heavy atom. The second-order valence-electron chi connectivity index (χ2n) is 7.65. The molecule has 0 saturated carbocycles. The Balaban J connectivity index is 1.34. The third-order valence-electron chi connectivity index (χ3n) is 5.36. The first-order chi connectivity index (χ1) is 17.2. The average molecular weight is 489 g/mol. The van der Waals surface area contributed by atoms with Gasteiger partial charge in [-0.1, -0.05) is 35.6 Å². The van der Waals surface area contributed by atoms with E-state index in [0.717, 1.165) is 22.3 Å². The molecule has 2 heterocycles. The fraction of sp³-hybridized carbons (Fsp3) is 0.185. The molecule has 0 radical (unpaired) electrons. The number of hydrogen-bond donors (Lipinski definition) is 0. The van der Waals surface area contributed by atoms with Crippen molar-refractivity contribution in [3.8, 4) is 23.0 Å². The highest BCUT2D eigenvalue weighted by molar-refractivity contribution is 7.15. The number of fused-ring (bicyclic) bond motifs is 3. The van der Waals surface area contributed by atoms with Gasteiger partial charge in [-0.25, -0.2) is 9.38 Å². The summed E-state index contributed by atoms with van der Waals surface area (Å²) >= 11 is 1.37. The first-order valence-electron chi connectivity index (χ1n) is 11.2. The lowest BCUT2D eigenvalue weighted by molar-refractivity contribution is 0.208. The maximum atomic E-state index is 13.0. The number of methoxy groups -OCH3 is 1. The highest BCUT2D eigenvalue weighted by atomic mass is 32.1. The summed E-state index contributed by atoms with van der Waals surface area (Å²) in [5.74, 6) is 2.68. The highest BCUT2D eigenvalue weighted by Gasteiger charge is 2.11. The minimum atomic E-state index is -0.0772. The van der Waals surface area contributed by atoms with Crippen LogP contribution in [0, 0.1) is 0 Å². The first kappa shape index (κ1) is 22.7. The normalized spacial score (nSPS) is 11.8. The van der Waals surface area contributed by atoms with Crippen molar-refractivity contribution in [3.63, 3.8) is 0 Å². The molecule has 0 aliphatic carbocycles. The summed E-state index contributed by atoms with van der Waals surface area (Å²) in [4.78, 5) is 18.3. The molecule has 5 aromatic rings. The molecular formula is C27H24N2O5S. The zero-order valence-corrected chi connectivity index (χ0v) is 20.2. The Morgan fingerprint density at radius 1 is 0.914 bits per heavy atom. The van der Waals surface area contributed by atoms with Gasteiger partial charge in [0.1, 0.15) is 24.7 Å². The molecule has 0 atom stereocenters. The summed E-state index contributed by atoms with van der Waals surface area (Å²) in [7, 11) is 1.62. The van der Waals surface area contributed by atoms with Crippen molar-refractivity contribution in [2.75, 3.05) is 26.9 Å². The van der Waals surface area contributed by atoms with Gasteiger partial charge in [0.2, 0.25) is 0 Å². The van der Waals surface area contributed by atoms with E-state index >= 15 is 0 Å². The number of para-hydroxylation sites is 2. The molecule has 0 aliphatic heterocycles. The first-order valence-corrected chi connectivity index (χ1v) is 12.1. The topological polar surface area (TPSA) is 71.3 Å². The average Bonchev–Trinajstić information content (AvgIpc) is 3.39. The second kappa shape index (κ2) is 10.1. The molecule has 35 heavy (non-hydrogen) atoms. The number of benzene rings is 3. The van der Waals surface area contributed by atoms with Gasteiger partial charge in [0.25, 0.3) is 5.56 Å². The van der Waals surface area contributed by atoms with Gasteiger partial charge in [-0.3, -0.25) is 4.79 Å². The van der Waals surface area contributed by atoms with E-state index in [2.05, 4.69) is 4.98 Å². The summed E-state index contributed by atoms with van der Waals surface area (Å²) in [6, 6.07) is 20.7. The molecular weight excluding hydrogens is 464 g/mol. The summed E-state index contributed by atoms with van der Waals surface area (Å²) in [6.45, 7) is 3.13. The quantitative estimate of drug-likeness (QED) is 0.288. The Hall–Kier alpha value is -4.04. The Morgan fingerprint density at radius 3 is 2.60 bits per heavy atom. The van der Waals surface area contributed by atoms with E-state index in [1.807, 2.05) is 79.7 Å². The van der Waals surface area contributed by atoms with E-state index in [-0.39, 0.29) is 5.56 Å². The number of thiazole rings is 1. The van der Waals surface area contributed by atoms with Gasteiger partial charge < -0.3 is 18.9 Å². The van der Waals surface area contributed by atoms with Crippen LogP contribution in [0.15, 0.2) is 71.5 Å². The van der Waals surface area contributed by atoms with Crippen LogP contribution >= 0.6 is 11.3 Å². The SMILES string of the molecule is CCOc1cc(/C=c2\sc3nc4ccccc4n3c2=O)ccc1OCCOc1cccc(OC)c1. The van der Waals surface area contributed by atoms with Crippen molar-refractivity contribution in [3.05, 3.63) is 87.2 Å². The van der Waals surface area contributed by atoms with Crippen molar-refractivity contribution < 1.29 is 18.9 Å². The van der Waals surface area contributed by atoms with Crippen LogP contribution in [0.5, 0.6) is 23.0 Å². The Bertz CT molecular complexity index is 1590. The molecule has 0 unspecified atom stereocenters. The fourth-order valence-electron chi connectivity index (χ4n) is 3.77. The third-order valence-corrected chi connectivity index (χ3v) is 6.33. The van der Waals surface area contributed by atoms with Crippen LogP contribution in [0.4, 0.5) is 0 Å². The summed E-state index contributed by atoms with van der Waals surface area (Å²) < 4.78 is 24.9. The van der Waals surface area contributed by atoms with Crippen LogP contribution < -0.4 is 29.0 Å². The number of nitrogens with zero attached hydrogens (tertiary/aromatic N) is 2. The zero-order valence-electron chi connectivity index (χ0n) is 19.4. The minimum Gasteiger partial charge on any atom is -0.497 e. The van der Waals surface area contributed by atoms with Crippen LogP contribution in [0.25, 0.3) is 22.1 Å². The van der Waals surface area contributed by atoms with Gasteiger partial charge in [-0.05, 0) is 55.0 Å². The molecule has 7 nitrogen and oxygen atoms in total. The van der Waals surface area contributed by atoms with Crippen LogP contribution in [0.2, 0.25) is 0 Å². The van der Waals surface area contributed by atoms with Crippen LogP contribution in [0.3, 0.4) is 0 Å². The fourth-order valence-corrected chi connectivity index (χ4v) is 4.75. The molecule has 2 aromatic heterocycles. The lowest BCUT2D eigenvalue weighted by Gasteiger charge is -2.13. The predicted octanol–water partition coefficient (Wildman–Crippen LogP) is 4.32. The second-order valence-corrected chi connectivity index (χ2v) is 8.66. The van der Waals surface area contributed by atoms with E-state index in [0.29, 0.717) is 46.6 Å². The molecule has 3 aromatic carbocycles. The van der Waals surface area contributed by atoms with Crippen LogP contribution in [0.1, 0.15) is 12.5 Å². The summed E-state index contributed by atoms with van der Waals surface area (Å²) in [5.41, 5.74) is 2.40. The molecule has 0 saturated heterocycles. The number of hydrogen-bond acceptors (Lipinski definition) is 7. The number of imidazole rings is 1. The lowest BCUT2D eigenvalue weighted by Crippen LogP contribution is -2.22.